The fraction of sp³-hybridized carbons (Fsp3) is 0.158. The van der Waals surface area contributed by atoms with E-state index in [1.807, 2.05) is 24.3 Å². The second kappa shape index (κ2) is 6.28. The molecule has 0 saturated carbocycles. The first-order valence-electron chi connectivity index (χ1n) is 7.64. The van der Waals surface area contributed by atoms with Gasteiger partial charge in [0.2, 0.25) is 5.91 Å². The fourth-order valence-electron chi connectivity index (χ4n) is 2.71. The van der Waals surface area contributed by atoms with E-state index in [-0.39, 0.29) is 17.5 Å². The summed E-state index contributed by atoms with van der Waals surface area (Å²) < 4.78 is 14.7. The van der Waals surface area contributed by atoms with Gasteiger partial charge in [0.05, 0.1) is 0 Å². The van der Waals surface area contributed by atoms with Crippen LogP contribution in [0.15, 0.2) is 54.7 Å². The first-order valence-corrected chi connectivity index (χ1v) is 7.64. The summed E-state index contributed by atoms with van der Waals surface area (Å²) in [6, 6.07) is 12.6. The molecule has 0 saturated heterocycles. The predicted octanol–water partition coefficient (Wildman–Crippen LogP) is 4.18. The molecule has 1 heterocycles. The van der Waals surface area contributed by atoms with E-state index in [1.165, 1.54) is 31.2 Å². The van der Waals surface area contributed by atoms with Gasteiger partial charge in [-0.25, -0.2) is 4.39 Å². The fourth-order valence-corrected chi connectivity index (χ4v) is 2.71. The van der Waals surface area contributed by atoms with Crippen LogP contribution in [-0.2, 0) is 4.79 Å². The lowest BCUT2D eigenvalue weighted by atomic mass is 10.1. The Kier molecular flexibility index (Phi) is 4.16. The highest BCUT2D eigenvalue weighted by Crippen LogP contribution is 2.25. The van der Waals surface area contributed by atoms with Gasteiger partial charge in [0, 0.05) is 28.4 Å². The van der Waals surface area contributed by atoms with Crippen molar-refractivity contribution in [2.45, 2.75) is 19.9 Å². The smallest absolute Gasteiger partial charge is 0.247 e. The third-order valence-electron chi connectivity index (χ3n) is 4.03. The minimum Gasteiger partial charge on any atom is -0.335 e. The highest BCUT2D eigenvalue weighted by atomic mass is 19.1. The summed E-state index contributed by atoms with van der Waals surface area (Å²) in [7, 11) is 0. The second-order valence-corrected chi connectivity index (χ2v) is 5.70. The number of nitrogens with zero attached hydrogens (tertiary/aromatic N) is 1. The van der Waals surface area contributed by atoms with E-state index in [4.69, 9.17) is 0 Å². The summed E-state index contributed by atoms with van der Waals surface area (Å²) in [6.45, 7) is 3.27. The van der Waals surface area contributed by atoms with Gasteiger partial charge in [0.25, 0.3) is 0 Å². The van der Waals surface area contributed by atoms with Crippen LogP contribution in [0.25, 0.3) is 10.9 Å². The highest BCUT2D eigenvalue weighted by molar-refractivity contribution is 6.07. The lowest BCUT2D eigenvalue weighted by Gasteiger charge is -2.15. The molecule has 4 nitrogen and oxygen atoms in total. The standard InChI is InChI=1S/C19H17FN2O2/c1-12(19(24)21-15-9-7-14(20)8-10-15)22-11-17(13(2)23)16-5-3-4-6-18(16)22/h3-12H,1-2H3,(H,21,24)/t12-/m1/s1. The van der Waals surface area contributed by atoms with Gasteiger partial charge in [-0.05, 0) is 44.2 Å². The van der Waals surface area contributed by atoms with Crippen LogP contribution >= 0.6 is 0 Å². The average Bonchev–Trinajstić information content (AvgIpc) is 2.96. The van der Waals surface area contributed by atoms with E-state index in [0.29, 0.717) is 11.3 Å². The molecule has 24 heavy (non-hydrogen) atoms. The van der Waals surface area contributed by atoms with E-state index in [2.05, 4.69) is 5.32 Å². The number of anilines is 1. The maximum Gasteiger partial charge on any atom is 0.247 e. The van der Waals surface area contributed by atoms with Gasteiger partial charge in [-0.15, -0.1) is 0 Å². The van der Waals surface area contributed by atoms with Crippen LogP contribution in [0.5, 0.6) is 0 Å². The number of rotatable bonds is 4. The van der Waals surface area contributed by atoms with Crippen LogP contribution < -0.4 is 5.32 Å². The van der Waals surface area contributed by atoms with Gasteiger partial charge in [-0.2, -0.15) is 0 Å². The Morgan fingerprint density at radius 2 is 1.75 bits per heavy atom. The first kappa shape index (κ1) is 15.9. The van der Waals surface area contributed by atoms with Crippen molar-refractivity contribution in [2.75, 3.05) is 5.32 Å². The molecular weight excluding hydrogens is 307 g/mol. The zero-order valence-corrected chi connectivity index (χ0v) is 13.4. The van der Waals surface area contributed by atoms with Crippen LogP contribution in [-0.4, -0.2) is 16.3 Å². The van der Waals surface area contributed by atoms with Crippen LogP contribution in [0.1, 0.15) is 30.2 Å². The van der Waals surface area contributed by atoms with Crippen LogP contribution in [0.4, 0.5) is 10.1 Å². The van der Waals surface area contributed by atoms with Crippen LogP contribution in [0.2, 0.25) is 0 Å². The van der Waals surface area contributed by atoms with E-state index < -0.39 is 6.04 Å². The predicted molar refractivity (Wildman–Crippen MR) is 91.7 cm³/mol. The third-order valence-corrected chi connectivity index (χ3v) is 4.03. The molecule has 0 bridgehead atoms. The topological polar surface area (TPSA) is 51.1 Å². The van der Waals surface area contributed by atoms with Crippen molar-refractivity contribution in [1.82, 2.24) is 4.57 Å². The number of fused-ring (bicyclic) bond motifs is 1. The Labute approximate surface area is 138 Å². The molecule has 1 amide bonds. The maximum absolute atomic E-state index is 13.0. The molecule has 5 heteroatoms. The molecule has 0 fully saturated rings. The Morgan fingerprint density at radius 3 is 2.42 bits per heavy atom. The van der Waals surface area contributed by atoms with Gasteiger partial charge < -0.3 is 9.88 Å². The van der Waals surface area contributed by atoms with Gasteiger partial charge in [0.15, 0.2) is 5.78 Å². The van der Waals surface area contributed by atoms with E-state index in [0.717, 1.165) is 10.9 Å². The number of nitrogens with one attached hydrogen (secondary N) is 1. The molecule has 3 aromatic rings. The molecule has 0 spiro atoms. The maximum atomic E-state index is 13.0. The summed E-state index contributed by atoms with van der Waals surface area (Å²) in [5, 5.41) is 3.58. The molecule has 1 atom stereocenters. The first-order chi connectivity index (χ1) is 11.5. The van der Waals surface area contributed by atoms with Crippen molar-refractivity contribution in [3.8, 4) is 0 Å². The third kappa shape index (κ3) is 2.93. The molecule has 1 N–H and O–H groups in total. The minimum atomic E-state index is -0.520. The zero-order chi connectivity index (χ0) is 17.3. The molecule has 1 aromatic heterocycles. The van der Waals surface area contributed by atoms with E-state index in [9.17, 15) is 14.0 Å². The number of ketones is 1. The number of carbonyl (C=O) groups excluding carboxylic acids is 2. The summed E-state index contributed by atoms with van der Waals surface area (Å²) in [6.07, 6.45) is 1.71. The van der Waals surface area contributed by atoms with Crippen molar-refractivity contribution in [3.63, 3.8) is 0 Å². The quantitative estimate of drug-likeness (QED) is 0.732. The van der Waals surface area contributed by atoms with Gasteiger partial charge in [-0.3, -0.25) is 9.59 Å². The molecule has 2 aromatic carbocycles. The van der Waals surface area contributed by atoms with Crippen LogP contribution in [0.3, 0.4) is 0 Å². The normalized spacial score (nSPS) is 12.1. The Balaban J connectivity index is 1.93. The summed E-state index contributed by atoms with van der Waals surface area (Å²) >= 11 is 0. The molecule has 0 unspecified atom stereocenters. The molecule has 0 aliphatic heterocycles. The second-order valence-electron chi connectivity index (χ2n) is 5.70. The molecule has 0 radical (unpaired) electrons. The molecule has 3 rings (SSSR count). The van der Waals surface area contributed by atoms with Gasteiger partial charge in [0.1, 0.15) is 11.9 Å². The molecular formula is C19H17FN2O2. The van der Waals surface area contributed by atoms with Crippen molar-refractivity contribution >= 4 is 28.3 Å². The van der Waals surface area contributed by atoms with Gasteiger partial charge >= 0.3 is 0 Å². The number of Topliss-reactive ketones (excluding diaryl/α,β-unsaturated/α-hetero) is 1. The number of amides is 1. The van der Waals surface area contributed by atoms with E-state index >= 15 is 0 Å². The van der Waals surface area contributed by atoms with Crippen molar-refractivity contribution in [1.29, 1.82) is 0 Å². The summed E-state index contributed by atoms with van der Waals surface area (Å²) in [5.41, 5.74) is 1.94. The zero-order valence-electron chi connectivity index (χ0n) is 13.4. The number of aromatic nitrogens is 1. The molecule has 0 aliphatic rings. The summed E-state index contributed by atoms with van der Waals surface area (Å²) in [4.78, 5) is 24.3. The largest absolute Gasteiger partial charge is 0.335 e. The Hall–Kier alpha value is -2.95. The molecule has 0 aliphatic carbocycles. The highest BCUT2D eigenvalue weighted by Gasteiger charge is 2.20. The number of para-hydroxylation sites is 1. The average molecular weight is 324 g/mol. The van der Waals surface area contributed by atoms with Crippen LogP contribution in [0, 0.1) is 5.82 Å². The number of halogens is 1. The van der Waals surface area contributed by atoms with Gasteiger partial charge in [-0.1, -0.05) is 18.2 Å². The molecule has 122 valence electrons. The number of hydrogen-bond acceptors (Lipinski definition) is 2. The number of carbonyl (C=O) groups is 2. The van der Waals surface area contributed by atoms with Crippen molar-refractivity contribution < 1.29 is 14.0 Å². The van der Waals surface area contributed by atoms with E-state index in [1.54, 1.807) is 17.7 Å². The monoisotopic (exact) mass is 324 g/mol. The SMILES string of the molecule is CC(=O)c1cn([C@H](C)C(=O)Nc2ccc(F)cc2)c2ccccc12. The number of hydrogen-bond donors (Lipinski definition) is 1. The minimum absolute atomic E-state index is 0.0453. The Bertz CT molecular complexity index is 913. The summed E-state index contributed by atoms with van der Waals surface area (Å²) in [5.74, 6) is -0.642. The lowest BCUT2D eigenvalue weighted by molar-refractivity contribution is -0.118. The van der Waals surface area contributed by atoms with Crippen molar-refractivity contribution in [3.05, 3.63) is 66.1 Å². The Morgan fingerprint density at radius 1 is 1.08 bits per heavy atom. The van der Waals surface area contributed by atoms with Crippen molar-refractivity contribution in [2.24, 2.45) is 0 Å². The lowest BCUT2D eigenvalue weighted by Crippen LogP contribution is -2.23. The number of benzene rings is 2.